The number of hydrogen-bond donors (Lipinski definition) is 1. The average Bonchev–Trinajstić information content (AvgIpc) is 2.61. The lowest BCUT2D eigenvalue weighted by molar-refractivity contribution is -0.146. The maximum absolute atomic E-state index is 12.8. The van der Waals surface area contributed by atoms with E-state index in [2.05, 4.69) is 17.2 Å². The van der Waals surface area contributed by atoms with Crippen molar-refractivity contribution in [3.8, 4) is 0 Å². The summed E-state index contributed by atoms with van der Waals surface area (Å²) < 4.78 is 0. The lowest BCUT2D eigenvalue weighted by Gasteiger charge is -2.40. The first kappa shape index (κ1) is 17.1. The third-order valence-corrected chi connectivity index (χ3v) is 4.66. The van der Waals surface area contributed by atoms with Crippen LogP contribution >= 0.6 is 0 Å². The summed E-state index contributed by atoms with van der Waals surface area (Å²) in [5.74, 6) is -0.780. The summed E-state index contributed by atoms with van der Waals surface area (Å²) in [4.78, 5) is 31.0. The monoisotopic (exact) mass is 337 g/mol. The number of anilines is 1. The normalized spacial score (nSPS) is 20.2. The van der Waals surface area contributed by atoms with Crippen LogP contribution in [0.25, 0.3) is 0 Å². The fraction of sp³-hybridized carbons (Fsp3) is 0.350. The molecule has 1 fully saturated rings. The van der Waals surface area contributed by atoms with E-state index in [0.29, 0.717) is 18.2 Å². The Morgan fingerprint density at radius 1 is 1.20 bits per heavy atom. The highest BCUT2D eigenvalue weighted by atomic mass is 16.2. The number of nitrogens with one attached hydrogen (secondary N) is 1. The molecule has 2 atom stereocenters. The van der Waals surface area contributed by atoms with Crippen molar-refractivity contribution in [3.63, 3.8) is 0 Å². The number of piperidine rings is 1. The summed E-state index contributed by atoms with van der Waals surface area (Å²) in [5.41, 5.74) is 2.55. The summed E-state index contributed by atoms with van der Waals surface area (Å²) in [6.07, 6.45) is 5.21. The summed E-state index contributed by atoms with van der Waals surface area (Å²) >= 11 is 0. The molecule has 1 aliphatic heterocycles. The van der Waals surface area contributed by atoms with Gasteiger partial charge in [-0.25, -0.2) is 0 Å². The predicted molar refractivity (Wildman–Crippen MR) is 96.9 cm³/mol. The molecule has 2 aromatic rings. The molecule has 0 spiro atoms. The van der Waals surface area contributed by atoms with E-state index < -0.39 is 11.8 Å². The zero-order valence-corrected chi connectivity index (χ0v) is 14.6. The molecule has 0 bridgehead atoms. The Morgan fingerprint density at radius 3 is 2.68 bits per heavy atom. The van der Waals surface area contributed by atoms with Gasteiger partial charge in [0.1, 0.15) is 0 Å². The summed E-state index contributed by atoms with van der Waals surface area (Å²) in [5, 5.41) is 2.67. The van der Waals surface area contributed by atoms with Gasteiger partial charge >= 0.3 is 11.8 Å². The van der Waals surface area contributed by atoms with Crippen molar-refractivity contribution >= 4 is 17.5 Å². The van der Waals surface area contributed by atoms with Crippen molar-refractivity contribution in [2.75, 3.05) is 11.9 Å². The third kappa shape index (κ3) is 3.87. The molecule has 2 heterocycles. The minimum Gasteiger partial charge on any atom is -0.327 e. The highest BCUT2D eigenvalue weighted by Crippen LogP contribution is 2.35. The molecule has 0 unspecified atom stereocenters. The molecule has 0 saturated carbocycles. The van der Waals surface area contributed by atoms with Gasteiger partial charge in [-0.05, 0) is 42.9 Å². The number of pyridine rings is 1. The second-order valence-electron chi connectivity index (χ2n) is 6.68. The minimum absolute atomic E-state index is 0.0659. The Morgan fingerprint density at radius 2 is 1.96 bits per heavy atom. The Balaban J connectivity index is 1.79. The first-order valence-corrected chi connectivity index (χ1v) is 8.65. The molecule has 25 heavy (non-hydrogen) atoms. The topological polar surface area (TPSA) is 62.3 Å². The number of aryl methyl sites for hydroxylation is 1. The molecule has 5 heteroatoms. The first-order valence-electron chi connectivity index (χ1n) is 8.65. The largest absolute Gasteiger partial charge is 0.327 e. The van der Waals surface area contributed by atoms with Gasteiger partial charge in [0.25, 0.3) is 0 Å². The molecule has 1 N–H and O–H groups in total. The molecule has 0 aliphatic carbocycles. The van der Waals surface area contributed by atoms with E-state index in [1.54, 1.807) is 23.4 Å². The van der Waals surface area contributed by atoms with Crippen LogP contribution in [0.3, 0.4) is 0 Å². The highest BCUT2D eigenvalue weighted by molar-refractivity contribution is 6.39. The van der Waals surface area contributed by atoms with Crippen LogP contribution in [-0.2, 0) is 9.59 Å². The smallest absolute Gasteiger partial charge is 0.313 e. The minimum atomic E-state index is -0.609. The molecule has 1 saturated heterocycles. The van der Waals surface area contributed by atoms with Gasteiger partial charge in [-0.3, -0.25) is 14.6 Å². The molecular formula is C20H23N3O2. The van der Waals surface area contributed by atoms with Crippen molar-refractivity contribution < 1.29 is 9.59 Å². The number of rotatable bonds is 2. The standard InChI is InChI=1S/C20H23N3O2/c1-14-11-17(13-21-12-14)22-19(24)20(25)23-10-6-7-15(2)18(23)16-8-4-3-5-9-16/h3-5,8-9,11-13,15,18H,6-7,10H2,1-2H3,(H,22,24)/t15-,18-/m1/s1. The predicted octanol–water partition coefficient (Wildman–Crippen LogP) is 3.33. The Labute approximate surface area is 148 Å². The fourth-order valence-corrected chi connectivity index (χ4v) is 3.51. The number of benzene rings is 1. The van der Waals surface area contributed by atoms with E-state index in [0.717, 1.165) is 24.0 Å². The number of carbonyl (C=O) groups is 2. The van der Waals surface area contributed by atoms with E-state index in [1.807, 2.05) is 37.3 Å². The Bertz CT molecular complexity index is 761. The van der Waals surface area contributed by atoms with Crippen molar-refractivity contribution in [1.82, 2.24) is 9.88 Å². The SMILES string of the molecule is Cc1cncc(NC(=O)C(=O)N2CCC[C@@H](C)[C@@H]2c2ccccc2)c1. The van der Waals surface area contributed by atoms with Crippen LogP contribution in [0.1, 0.15) is 36.9 Å². The van der Waals surface area contributed by atoms with Crippen LogP contribution in [0.15, 0.2) is 48.8 Å². The van der Waals surface area contributed by atoms with Crippen LogP contribution in [0, 0.1) is 12.8 Å². The quantitative estimate of drug-likeness (QED) is 0.855. The molecule has 1 aliphatic rings. The van der Waals surface area contributed by atoms with Crippen LogP contribution in [0.4, 0.5) is 5.69 Å². The maximum Gasteiger partial charge on any atom is 0.313 e. The lowest BCUT2D eigenvalue weighted by Crippen LogP contribution is -2.46. The zero-order valence-electron chi connectivity index (χ0n) is 14.6. The second kappa shape index (κ2) is 7.47. The zero-order chi connectivity index (χ0) is 17.8. The third-order valence-electron chi connectivity index (χ3n) is 4.66. The van der Waals surface area contributed by atoms with Gasteiger partial charge in [0.15, 0.2) is 0 Å². The van der Waals surface area contributed by atoms with E-state index in [4.69, 9.17) is 0 Å². The van der Waals surface area contributed by atoms with Crippen molar-refractivity contribution in [1.29, 1.82) is 0 Å². The van der Waals surface area contributed by atoms with E-state index >= 15 is 0 Å². The number of nitrogens with zero attached hydrogens (tertiary/aromatic N) is 2. The van der Waals surface area contributed by atoms with E-state index in [1.165, 1.54) is 0 Å². The van der Waals surface area contributed by atoms with Crippen LogP contribution in [0.5, 0.6) is 0 Å². The van der Waals surface area contributed by atoms with Crippen molar-refractivity contribution in [2.45, 2.75) is 32.7 Å². The Hall–Kier alpha value is -2.69. The van der Waals surface area contributed by atoms with Crippen LogP contribution in [-0.4, -0.2) is 28.2 Å². The van der Waals surface area contributed by atoms with Gasteiger partial charge in [0.2, 0.25) is 0 Å². The number of aromatic nitrogens is 1. The molecular weight excluding hydrogens is 314 g/mol. The number of likely N-dealkylation sites (tertiary alicyclic amines) is 1. The fourth-order valence-electron chi connectivity index (χ4n) is 3.51. The first-order chi connectivity index (χ1) is 12.1. The van der Waals surface area contributed by atoms with Crippen molar-refractivity contribution in [2.24, 2.45) is 5.92 Å². The number of hydrogen-bond acceptors (Lipinski definition) is 3. The van der Waals surface area contributed by atoms with Crippen LogP contribution in [0.2, 0.25) is 0 Å². The van der Waals surface area contributed by atoms with Gasteiger partial charge in [-0.2, -0.15) is 0 Å². The average molecular weight is 337 g/mol. The number of carbonyl (C=O) groups excluding carboxylic acids is 2. The summed E-state index contributed by atoms with van der Waals surface area (Å²) in [7, 11) is 0. The molecule has 130 valence electrons. The molecule has 3 rings (SSSR count). The summed E-state index contributed by atoms with van der Waals surface area (Å²) in [6.45, 7) is 4.63. The van der Waals surface area contributed by atoms with Gasteiger partial charge in [-0.1, -0.05) is 37.3 Å². The van der Waals surface area contributed by atoms with Crippen molar-refractivity contribution in [3.05, 3.63) is 59.9 Å². The Kier molecular flexibility index (Phi) is 5.12. The maximum atomic E-state index is 12.8. The van der Waals surface area contributed by atoms with Gasteiger partial charge in [0, 0.05) is 12.7 Å². The molecule has 1 aromatic heterocycles. The van der Waals surface area contributed by atoms with Gasteiger partial charge in [0.05, 0.1) is 17.9 Å². The second-order valence-corrected chi connectivity index (χ2v) is 6.68. The van der Waals surface area contributed by atoms with Gasteiger partial charge in [-0.15, -0.1) is 0 Å². The lowest BCUT2D eigenvalue weighted by atomic mass is 9.86. The molecule has 2 amide bonds. The molecule has 5 nitrogen and oxygen atoms in total. The van der Waals surface area contributed by atoms with Gasteiger partial charge < -0.3 is 10.2 Å². The van der Waals surface area contributed by atoms with Crippen LogP contribution < -0.4 is 5.32 Å². The molecule has 1 aromatic carbocycles. The highest BCUT2D eigenvalue weighted by Gasteiger charge is 2.35. The number of amides is 2. The van der Waals surface area contributed by atoms with E-state index in [-0.39, 0.29) is 6.04 Å². The molecule has 0 radical (unpaired) electrons. The van der Waals surface area contributed by atoms with E-state index in [9.17, 15) is 9.59 Å². The summed E-state index contributed by atoms with van der Waals surface area (Å²) in [6, 6.07) is 11.7.